The number of carbonyl (C=O) groups excluding carboxylic acids is 1. The van der Waals surface area contributed by atoms with Crippen molar-refractivity contribution in [2.24, 2.45) is 5.10 Å². The van der Waals surface area contributed by atoms with Crippen LogP contribution in [0, 0.1) is 6.92 Å². The third kappa shape index (κ3) is 3.60. The number of carbonyl (C=O) groups is 1. The Bertz CT molecular complexity index is 851. The first-order valence-corrected chi connectivity index (χ1v) is 7.66. The van der Waals surface area contributed by atoms with E-state index in [1.54, 1.807) is 18.2 Å². The van der Waals surface area contributed by atoms with Crippen LogP contribution in [0.4, 0.5) is 0 Å². The molecule has 5 nitrogen and oxygen atoms in total. The van der Waals surface area contributed by atoms with E-state index in [-0.39, 0.29) is 5.76 Å². The zero-order valence-electron chi connectivity index (χ0n) is 12.2. The number of rotatable bonds is 4. The maximum absolute atomic E-state index is 11.6. The topological polar surface area (TPSA) is 67.7 Å². The highest BCUT2D eigenvalue weighted by atomic mass is 79.9. The van der Waals surface area contributed by atoms with E-state index in [0.717, 1.165) is 21.4 Å². The molecule has 1 amide bonds. The number of hydrogen-bond donors (Lipinski definition) is 1. The summed E-state index contributed by atoms with van der Waals surface area (Å²) in [6.07, 6.45) is 2.87. The Morgan fingerprint density at radius 1 is 1.26 bits per heavy atom. The molecule has 116 valence electrons. The van der Waals surface area contributed by atoms with Crippen LogP contribution in [-0.2, 0) is 0 Å². The molecular weight excluding hydrogens is 360 g/mol. The minimum atomic E-state index is -0.416. The van der Waals surface area contributed by atoms with Crippen molar-refractivity contribution in [1.82, 2.24) is 5.43 Å². The van der Waals surface area contributed by atoms with Gasteiger partial charge in [0.05, 0.1) is 12.5 Å². The van der Waals surface area contributed by atoms with Crippen LogP contribution in [0.1, 0.15) is 21.9 Å². The van der Waals surface area contributed by atoms with Gasteiger partial charge in [0.2, 0.25) is 0 Å². The van der Waals surface area contributed by atoms with Gasteiger partial charge in [-0.05, 0) is 42.8 Å². The summed E-state index contributed by atoms with van der Waals surface area (Å²) in [6, 6.07) is 12.8. The first-order valence-electron chi connectivity index (χ1n) is 6.87. The predicted molar refractivity (Wildman–Crippen MR) is 90.3 cm³/mol. The molecule has 0 aliphatic carbocycles. The normalized spacial score (nSPS) is 11.0. The highest BCUT2D eigenvalue weighted by Gasteiger charge is 2.07. The van der Waals surface area contributed by atoms with Gasteiger partial charge in [0, 0.05) is 10.0 Å². The number of hydrazone groups is 1. The van der Waals surface area contributed by atoms with Crippen molar-refractivity contribution in [2.45, 2.75) is 6.92 Å². The molecule has 0 bridgehead atoms. The van der Waals surface area contributed by atoms with E-state index in [1.807, 2.05) is 31.2 Å². The molecule has 0 atom stereocenters. The van der Waals surface area contributed by atoms with Crippen molar-refractivity contribution < 1.29 is 13.6 Å². The molecule has 2 heterocycles. The van der Waals surface area contributed by atoms with E-state index in [2.05, 4.69) is 26.5 Å². The van der Waals surface area contributed by atoms with Crippen LogP contribution < -0.4 is 5.43 Å². The van der Waals surface area contributed by atoms with Crippen LogP contribution in [0.15, 0.2) is 67.1 Å². The Kier molecular flexibility index (Phi) is 4.43. The third-order valence-electron chi connectivity index (χ3n) is 3.19. The number of furan rings is 2. The fraction of sp³-hybridized carbons (Fsp3) is 0.0588. The first kappa shape index (κ1) is 15.3. The van der Waals surface area contributed by atoms with E-state index in [9.17, 15) is 4.79 Å². The number of nitrogens with zero attached hydrogens (tertiary/aromatic N) is 1. The fourth-order valence-electron chi connectivity index (χ4n) is 1.94. The molecule has 0 aliphatic rings. The van der Waals surface area contributed by atoms with Crippen LogP contribution in [0.3, 0.4) is 0 Å². The zero-order chi connectivity index (χ0) is 16.2. The second-order valence-electron chi connectivity index (χ2n) is 4.84. The van der Waals surface area contributed by atoms with Gasteiger partial charge in [0.15, 0.2) is 5.76 Å². The standard InChI is InChI=1S/C17H13BrN2O3/c1-11-4-5-12(9-14(11)18)15-7-6-13(23-15)10-19-20-17(21)16-3-2-8-22-16/h2-10H,1H3,(H,20,21)/b19-10+. The average molecular weight is 373 g/mol. The minimum absolute atomic E-state index is 0.201. The molecular formula is C17H13BrN2O3. The van der Waals surface area contributed by atoms with Gasteiger partial charge in [-0.15, -0.1) is 0 Å². The lowest BCUT2D eigenvalue weighted by molar-refractivity contribution is 0.0927. The van der Waals surface area contributed by atoms with Gasteiger partial charge in [-0.1, -0.05) is 28.1 Å². The van der Waals surface area contributed by atoms with Crippen LogP contribution in [0.5, 0.6) is 0 Å². The zero-order valence-corrected chi connectivity index (χ0v) is 13.8. The SMILES string of the molecule is Cc1ccc(-c2ccc(/C=N/NC(=O)c3ccco3)o2)cc1Br. The molecule has 3 aromatic rings. The highest BCUT2D eigenvalue weighted by molar-refractivity contribution is 9.10. The summed E-state index contributed by atoms with van der Waals surface area (Å²) < 4.78 is 11.7. The summed E-state index contributed by atoms with van der Waals surface area (Å²) in [7, 11) is 0. The number of hydrogen-bond acceptors (Lipinski definition) is 4. The van der Waals surface area contributed by atoms with Crippen molar-refractivity contribution in [1.29, 1.82) is 0 Å². The predicted octanol–water partition coefficient (Wildman–Crippen LogP) is 4.37. The van der Waals surface area contributed by atoms with Gasteiger partial charge in [0.1, 0.15) is 11.5 Å². The summed E-state index contributed by atoms with van der Waals surface area (Å²) in [5.41, 5.74) is 4.48. The van der Waals surface area contributed by atoms with Gasteiger partial charge >= 0.3 is 5.91 Å². The number of benzene rings is 1. The van der Waals surface area contributed by atoms with Gasteiger partial charge in [-0.3, -0.25) is 4.79 Å². The molecule has 1 aromatic carbocycles. The van der Waals surface area contributed by atoms with Crippen LogP contribution in [-0.4, -0.2) is 12.1 Å². The average Bonchev–Trinajstić information content (AvgIpc) is 3.21. The van der Waals surface area contributed by atoms with Crippen molar-refractivity contribution in [2.75, 3.05) is 0 Å². The van der Waals surface area contributed by atoms with E-state index in [1.165, 1.54) is 12.5 Å². The van der Waals surface area contributed by atoms with Gasteiger partial charge in [0.25, 0.3) is 0 Å². The lowest BCUT2D eigenvalue weighted by Crippen LogP contribution is -2.16. The molecule has 3 rings (SSSR count). The first-order chi connectivity index (χ1) is 11.1. The van der Waals surface area contributed by atoms with Gasteiger partial charge < -0.3 is 8.83 Å². The summed E-state index contributed by atoms with van der Waals surface area (Å²) >= 11 is 3.50. The summed E-state index contributed by atoms with van der Waals surface area (Å²) in [5.74, 6) is 1.05. The summed E-state index contributed by atoms with van der Waals surface area (Å²) in [5, 5.41) is 3.85. The smallest absolute Gasteiger partial charge is 0.307 e. The largest absolute Gasteiger partial charge is 0.459 e. The number of halogens is 1. The van der Waals surface area contributed by atoms with E-state index in [0.29, 0.717) is 5.76 Å². The molecule has 0 saturated carbocycles. The Labute approximate surface area is 141 Å². The van der Waals surface area contributed by atoms with E-state index in [4.69, 9.17) is 8.83 Å². The number of aryl methyl sites for hydroxylation is 1. The summed E-state index contributed by atoms with van der Waals surface area (Å²) in [6.45, 7) is 2.02. The van der Waals surface area contributed by atoms with Crippen molar-refractivity contribution in [3.8, 4) is 11.3 Å². The third-order valence-corrected chi connectivity index (χ3v) is 4.04. The van der Waals surface area contributed by atoms with Crippen LogP contribution in [0.2, 0.25) is 0 Å². The highest BCUT2D eigenvalue weighted by Crippen LogP contribution is 2.26. The molecule has 0 spiro atoms. The fourth-order valence-corrected chi connectivity index (χ4v) is 2.32. The molecule has 0 fully saturated rings. The quantitative estimate of drug-likeness (QED) is 0.545. The van der Waals surface area contributed by atoms with E-state index >= 15 is 0 Å². The Morgan fingerprint density at radius 2 is 2.13 bits per heavy atom. The van der Waals surface area contributed by atoms with E-state index < -0.39 is 5.91 Å². The molecule has 1 N–H and O–H groups in total. The van der Waals surface area contributed by atoms with Crippen LogP contribution in [0.25, 0.3) is 11.3 Å². The molecule has 0 saturated heterocycles. The molecule has 2 aromatic heterocycles. The molecule has 23 heavy (non-hydrogen) atoms. The molecule has 6 heteroatoms. The lowest BCUT2D eigenvalue weighted by Gasteiger charge is -2.01. The molecule has 0 unspecified atom stereocenters. The Hall–Kier alpha value is -2.60. The second-order valence-corrected chi connectivity index (χ2v) is 5.70. The second kappa shape index (κ2) is 6.66. The summed E-state index contributed by atoms with van der Waals surface area (Å²) in [4.78, 5) is 11.6. The maximum atomic E-state index is 11.6. The minimum Gasteiger partial charge on any atom is -0.459 e. The number of nitrogens with one attached hydrogen (secondary N) is 1. The Morgan fingerprint density at radius 3 is 2.87 bits per heavy atom. The van der Waals surface area contributed by atoms with Gasteiger partial charge in [-0.25, -0.2) is 5.43 Å². The monoisotopic (exact) mass is 372 g/mol. The molecule has 0 aliphatic heterocycles. The van der Waals surface area contributed by atoms with Crippen LogP contribution >= 0.6 is 15.9 Å². The van der Waals surface area contributed by atoms with Crippen molar-refractivity contribution in [3.05, 3.63) is 70.3 Å². The Balaban J connectivity index is 1.68. The van der Waals surface area contributed by atoms with Crippen molar-refractivity contribution >= 4 is 28.1 Å². The number of amides is 1. The lowest BCUT2D eigenvalue weighted by atomic mass is 10.1. The van der Waals surface area contributed by atoms with Gasteiger partial charge in [-0.2, -0.15) is 5.10 Å². The maximum Gasteiger partial charge on any atom is 0.307 e. The molecule has 0 radical (unpaired) electrons. The van der Waals surface area contributed by atoms with Crippen molar-refractivity contribution in [3.63, 3.8) is 0 Å².